The van der Waals surface area contributed by atoms with E-state index >= 15 is 0 Å². The summed E-state index contributed by atoms with van der Waals surface area (Å²) in [4.78, 5) is 30.4. The van der Waals surface area contributed by atoms with Crippen LogP contribution in [0.4, 0.5) is 10.2 Å². The van der Waals surface area contributed by atoms with Gasteiger partial charge < -0.3 is 19.3 Å². The van der Waals surface area contributed by atoms with Gasteiger partial charge in [0.05, 0.1) is 18.7 Å². The molecule has 0 radical (unpaired) electrons. The van der Waals surface area contributed by atoms with Gasteiger partial charge in [0.15, 0.2) is 0 Å². The normalized spacial score (nSPS) is 14.4. The number of para-hydroxylation sites is 1. The molecule has 3 heterocycles. The molecular formula is C20H18FN3O4. The maximum Gasteiger partial charge on any atom is 0.341 e. The van der Waals surface area contributed by atoms with E-state index in [4.69, 9.17) is 4.74 Å². The van der Waals surface area contributed by atoms with Crippen LogP contribution in [0.15, 0.2) is 47.5 Å². The Bertz CT molecular complexity index is 1090. The highest BCUT2D eigenvalue weighted by atomic mass is 19.1. The first-order chi connectivity index (χ1) is 13.5. The van der Waals surface area contributed by atoms with Gasteiger partial charge in [-0.2, -0.15) is 0 Å². The Morgan fingerprint density at radius 1 is 1.21 bits per heavy atom. The molecule has 0 atom stereocenters. The van der Waals surface area contributed by atoms with E-state index < -0.39 is 22.8 Å². The molecule has 7 nitrogen and oxygen atoms in total. The quantitative estimate of drug-likeness (QED) is 0.743. The van der Waals surface area contributed by atoms with Gasteiger partial charge in [0.25, 0.3) is 0 Å². The van der Waals surface area contributed by atoms with Crippen LogP contribution in [0.1, 0.15) is 15.9 Å². The number of halogens is 1. The number of rotatable bonds is 4. The van der Waals surface area contributed by atoms with Gasteiger partial charge in [-0.15, -0.1) is 0 Å². The van der Waals surface area contributed by atoms with Crippen molar-refractivity contribution in [2.45, 2.75) is 6.54 Å². The number of nitrogens with zero attached hydrogens (tertiary/aromatic N) is 3. The fourth-order valence-corrected chi connectivity index (χ4v) is 3.38. The SMILES string of the molecule is O=C(O)c1cn(Cc2ccc(N3CCOCC3)nc2)c2c(F)cccc2c1=O. The molecule has 8 heteroatoms. The molecule has 2 aromatic heterocycles. The lowest BCUT2D eigenvalue weighted by atomic mass is 10.1. The average molecular weight is 383 g/mol. The molecule has 1 aromatic carbocycles. The number of morpholine rings is 1. The molecule has 0 bridgehead atoms. The smallest absolute Gasteiger partial charge is 0.341 e. The number of benzene rings is 1. The van der Waals surface area contributed by atoms with Crippen molar-refractivity contribution >= 4 is 22.7 Å². The standard InChI is InChI=1S/C20H18FN3O4/c21-16-3-1-2-14-18(16)24(12-15(19(14)25)20(26)27)11-13-4-5-17(22-10-13)23-6-8-28-9-7-23/h1-5,10,12H,6-9,11H2,(H,26,27). The van der Waals surface area contributed by atoms with Crippen LogP contribution in [0.25, 0.3) is 10.9 Å². The molecule has 0 unspecified atom stereocenters. The van der Waals surface area contributed by atoms with E-state index in [2.05, 4.69) is 9.88 Å². The number of hydrogen-bond acceptors (Lipinski definition) is 5. The van der Waals surface area contributed by atoms with Crippen LogP contribution in [-0.4, -0.2) is 46.9 Å². The monoisotopic (exact) mass is 383 g/mol. The minimum Gasteiger partial charge on any atom is -0.477 e. The number of aromatic carboxylic acids is 1. The average Bonchev–Trinajstić information content (AvgIpc) is 2.71. The van der Waals surface area contributed by atoms with Gasteiger partial charge in [-0.25, -0.2) is 14.2 Å². The molecule has 1 N–H and O–H groups in total. The summed E-state index contributed by atoms with van der Waals surface area (Å²) in [5, 5.41) is 9.37. The van der Waals surface area contributed by atoms with Gasteiger partial charge in [-0.05, 0) is 23.8 Å². The van der Waals surface area contributed by atoms with E-state index in [1.165, 1.54) is 29.0 Å². The van der Waals surface area contributed by atoms with Crippen LogP contribution >= 0.6 is 0 Å². The molecule has 1 aliphatic rings. The Morgan fingerprint density at radius 3 is 2.68 bits per heavy atom. The van der Waals surface area contributed by atoms with Crippen molar-refractivity contribution in [1.82, 2.24) is 9.55 Å². The summed E-state index contributed by atoms with van der Waals surface area (Å²) >= 11 is 0. The van der Waals surface area contributed by atoms with Crippen LogP contribution in [0.2, 0.25) is 0 Å². The summed E-state index contributed by atoms with van der Waals surface area (Å²) in [6.07, 6.45) is 2.86. The molecule has 4 rings (SSSR count). The molecule has 0 amide bonds. The molecule has 1 fully saturated rings. The number of hydrogen-bond donors (Lipinski definition) is 1. The van der Waals surface area contributed by atoms with Crippen LogP contribution in [0, 0.1) is 5.82 Å². The van der Waals surface area contributed by atoms with Gasteiger partial charge in [0.1, 0.15) is 17.2 Å². The summed E-state index contributed by atoms with van der Waals surface area (Å²) in [6.45, 7) is 3.04. The zero-order valence-electron chi connectivity index (χ0n) is 15.0. The molecule has 0 saturated carbocycles. The van der Waals surface area contributed by atoms with E-state index in [9.17, 15) is 19.1 Å². The lowest BCUT2D eigenvalue weighted by Crippen LogP contribution is -2.36. The summed E-state index contributed by atoms with van der Waals surface area (Å²) in [7, 11) is 0. The predicted octanol–water partition coefficient (Wildman–Crippen LogP) is 2.12. The third-order valence-electron chi connectivity index (χ3n) is 4.78. The van der Waals surface area contributed by atoms with Gasteiger partial charge in [0.2, 0.25) is 5.43 Å². The van der Waals surface area contributed by atoms with Crippen molar-refractivity contribution in [2.24, 2.45) is 0 Å². The Labute approximate surface area is 159 Å². The first-order valence-electron chi connectivity index (χ1n) is 8.87. The third-order valence-corrected chi connectivity index (χ3v) is 4.78. The summed E-state index contributed by atoms with van der Waals surface area (Å²) in [5.74, 6) is -1.09. The number of fused-ring (bicyclic) bond motifs is 1. The van der Waals surface area contributed by atoms with Crippen molar-refractivity contribution < 1.29 is 19.0 Å². The fraction of sp³-hybridized carbons (Fsp3) is 0.250. The Kier molecular flexibility index (Phi) is 4.79. The van der Waals surface area contributed by atoms with Crippen LogP contribution in [0.5, 0.6) is 0 Å². The molecule has 1 aliphatic heterocycles. The van der Waals surface area contributed by atoms with E-state index in [1.807, 2.05) is 12.1 Å². The number of carboxylic acids is 1. The molecule has 0 spiro atoms. The van der Waals surface area contributed by atoms with Gasteiger partial charge in [-0.1, -0.05) is 12.1 Å². The first-order valence-corrected chi connectivity index (χ1v) is 8.87. The fourth-order valence-electron chi connectivity index (χ4n) is 3.38. The molecule has 28 heavy (non-hydrogen) atoms. The third kappa shape index (κ3) is 3.34. The molecule has 1 saturated heterocycles. The number of carboxylic acid groups (broad SMARTS) is 1. The minimum atomic E-state index is -1.34. The van der Waals surface area contributed by atoms with Crippen molar-refractivity contribution in [3.63, 3.8) is 0 Å². The number of anilines is 1. The first kappa shape index (κ1) is 18.1. The summed E-state index contributed by atoms with van der Waals surface area (Å²) in [6, 6.07) is 7.82. The summed E-state index contributed by atoms with van der Waals surface area (Å²) in [5.41, 5.74) is -0.244. The van der Waals surface area contributed by atoms with Crippen molar-refractivity contribution in [3.05, 3.63) is 69.9 Å². The number of carbonyl (C=O) groups is 1. The van der Waals surface area contributed by atoms with E-state index in [0.29, 0.717) is 13.2 Å². The molecule has 0 aliphatic carbocycles. The maximum absolute atomic E-state index is 14.4. The topological polar surface area (TPSA) is 84.7 Å². The van der Waals surface area contributed by atoms with Crippen molar-refractivity contribution in [2.75, 3.05) is 31.2 Å². The Hall–Kier alpha value is -3.26. The van der Waals surface area contributed by atoms with Gasteiger partial charge in [-0.3, -0.25) is 4.79 Å². The Balaban J connectivity index is 1.72. The second-order valence-corrected chi connectivity index (χ2v) is 6.57. The molecule has 144 valence electrons. The van der Waals surface area contributed by atoms with Crippen LogP contribution < -0.4 is 10.3 Å². The second-order valence-electron chi connectivity index (χ2n) is 6.57. The van der Waals surface area contributed by atoms with Crippen molar-refractivity contribution in [3.8, 4) is 0 Å². The lowest BCUT2D eigenvalue weighted by Gasteiger charge is -2.27. The predicted molar refractivity (Wildman–Crippen MR) is 101 cm³/mol. The lowest BCUT2D eigenvalue weighted by molar-refractivity contribution is 0.0695. The molecular weight excluding hydrogens is 365 g/mol. The van der Waals surface area contributed by atoms with Crippen molar-refractivity contribution in [1.29, 1.82) is 0 Å². The van der Waals surface area contributed by atoms with Gasteiger partial charge >= 0.3 is 5.97 Å². The number of pyridine rings is 2. The largest absolute Gasteiger partial charge is 0.477 e. The second kappa shape index (κ2) is 7.40. The van der Waals surface area contributed by atoms with Gasteiger partial charge in [0, 0.05) is 37.4 Å². The van der Waals surface area contributed by atoms with E-state index in [-0.39, 0.29) is 17.4 Å². The van der Waals surface area contributed by atoms with Crippen LogP contribution in [0.3, 0.4) is 0 Å². The zero-order chi connectivity index (χ0) is 19.7. The summed E-state index contributed by atoms with van der Waals surface area (Å²) < 4.78 is 21.2. The highest BCUT2D eigenvalue weighted by Gasteiger charge is 2.17. The maximum atomic E-state index is 14.4. The Morgan fingerprint density at radius 2 is 2.00 bits per heavy atom. The highest BCUT2D eigenvalue weighted by molar-refractivity contribution is 5.92. The minimum absolute atomic E-state index is 0.0396. The van der Waals surface area contributed by atoms with E-state index in [1.54, 1.807) is 6.20 Å². The van der Waals surface area contributed by atoms with E-state index in [0.717, 1.165) is 24.5 Å². The number of ether oxygens (including phenoxy) is 1. The highest BCUT2D eigenvalue weighted by Crippen LogP contribution is 2.19. The van der Waals surface area contributed by atoms with Crippen LogP contribution in [-0.2, 0) is 11.3 Å². The molecule has 3 aromatic rings. The zero-order valence-corrected chi connectivity index (χ0v) is 15.0. The number of aromatic nitrogens is 2.